The first-order valence-corrected chi connectivity index (χ1v) is 6.38. The molecule has 1 N–H and O–H groups in total. The van der Waals surface area contributed by atoms with Crippen LogP contribution in [-0.2, 0) is 4.79 Å². The highest BCUT2D eigenvalue weighted by atomic mass is 16.2. The molecule has 0 radical (unpaired) electrons. The fraction of sp³-hybridized carbons (Fsp3) is 0.923. The summed E-state index contributed by atoms with van der Waals surface area (Å²) in [6.45, 7) is 8.45. The van der Waals surface area contributed by atoms with Crippen molar-refractivity contribution in [3.05, 3.63) is 0 Å². The van der Waals surface area contributed by atoms with Crippen molar-refractivity contribution in [3.8, 4) is 0 Å². The minimum absolute atomic E-state index is 0.258. The highest BCUT2D eigenvalue weighted by Gasteiger charge is 2.28. The number of carbonyl (C=O) groups excluding carboxylic acids is 1. The molecule has 0 aromatic rings. The third-order valence-electron chi connectivity index (χ3n) is 3.23. The summed E-state index contributed by atoms with van der Waals surface area (Å²) >= 11 is 0. The van der Waals surface area contributed by atoms with Gasteiger partial charge in [0.15, 0.2) is 0 Å². The molecular weight excluding hydrogens is 200 g/mol. The molecule has 0 spiro atoms. The smallest absolute Gasteiger partial charge is 0.222 e. The lowest BCUT2D eigenvalue weighted by Crippen LogP contribution is -2.41. The molecule has 3 nitrogen and oxygen atoms in total. The van der Waals surface area contributed by atoms with Gasteiger partial charge in [0.2, 0.25) is 5.91 Å². The first kappa shape index (κ1) is 13.5. The normalized spacial score (nSPS) is 21.5. The first-order valence-electron chi connectivity index (χ1n) is 6.38. The van der Waals surface area contributed by atoms with Crippen LogP contribution in [0, 0.1) is 5.41 Å². The maximum Gasteiger partial charge on any atom is 0.222 e. The summed E-state index contributed by atoms with van der Waals surface area (Å²) < 4.78 is 0. The Kier molecular flexibility index (Phi) is 4.78. The Bertz CT molecular complexity index is 233. The fourth-order valence-electron chi connectivity index (χ4n) is 2.24. The molecule has 0 aromatic carbocycles. The molecule has 1 saturated heterocycles. The number of carbonyl (C=O) groups is 1. The molecule has 0 saturated carbocycles. The van der Waals surface area contributed by atoms with Gasteiger partial charge in [0.1, 0.15) is 0 Å². The van der Waals surface area contributed by atoms with Gasteiger partial charge in [-0.15, -0.1) is 0 Å². The predicted molar refractivity (Wildman–Crippen MR) is 67.4 cm³/mol. The number of nitrogens with one attached hydrogen (secondary N) is 1. The zero-order chi connectivity index (χ0) is 12.2. The van der Waals surface area contributed by atoms with Crippen LogP contribution >= 0.6 is 0 Å². The standard InChI is InChI=1S/C13H26N2O/c1-13(2,3)8-7-12(16)15-9-5-6-11(15)10-14-4/h11,14H,5-10H2,1-4H3. The minimum Gasteiger partial charge on any atom is -0.338 e. The average molecular weight is 226 g/mol. The topological polar surface area (TPSA) is 32.3 Å². The molecule has 0 aromatic heterocycles. The summed E-state index contributed by atoms with van der Waals surface area (Å²) in [6, 6.07) is 0.428. The van der Waals surface area contributed by atoms with Gasteiger partial charge in [-0.25, -0.2) is 0 Å². The van der Waals surface area contributed by atoms with Gasteiger partial charge in [0, 0.05) is 25.6 Å². The third kappa shape index (κ3) is 4.12. The summed E-state index contributed by atoms with van der Waals surface area (Å²) in [5.74, 6) is 0.340. The highest BCUT2D eigenvalue weighted by molar-refractivity contribution is 5.76. The lowest BCUT2D eigenvalue weighted by molar-refractivity contribution is -0.132. The molecule has 1 amide bonds. The summed E-state index contributed by atoms with van der Waals surface area (Å²) in [5.41, 5.74) is 0.258. The molecule has 16 heavy (non-hydrogen) atoms. The highest BCUT2D eigenvalue weighted by Crippen LogP contribution is 2.23. The molecule has 94 valence electrons. The Hall–Kier alpha value is -0.570. The Balaban J connectivity index is 2.40. The van der Waals surface area contributed by atoms with Crippen molar-refractivity contribution in [3.63, 3.8) is 0 Å². The maximum absolute atomic E-state index is 12.1. The Morgan fingerprint density at radius 2 is 2.12 bits per heavy atom. The van der Waals surface area contributed by atoms with E-state index < -0.39 is 0 Å². The van der Waals surface area contributed by atoms with Crippen molar-refractivity contribution in [1.82, 2.24) is 10.2 Å². The molecule has 1 heterocycles. The van der Waals surface area contributed by atoms with Gasteiger partial charge in [-0.1, -0.05) is 20.8 Å². The maximum atomic E-state index is 12.1. The molecule has 1 unspecified atom stereocenters. The van der Waals surface area contributed by atoms with Crippen molar-refractivity contribution in [2.45, 2.75) is 52.5 Å². The molecule has 1 aliphatic rings. The van der Waals surface area contributed by atoms with Crippen molar-refractivity contribution >= 4 is 5.91 Å². The van der Waals surface area contributed by atoms with Crippen LogP contribution in [0.15, 0.2) is 0 Å². The second-order valence-electron chi connectivity index (χ2n) is 6.00. The van der Waals surface area contributed by atoms with Crippen LogP contribution in [0.5, 0.6) is 0 Å². The summed E-state index contributed by atoms with van der Waals surface area (Å²) in [4.78, 5) is 14.1. The molecule has 3 heteroatoms. The second-order valence-corrected chi connectivity index (χ2v) is 6.00. The van der Waals surface area contributed by atoms with Gasteiger partial charge in [0.25, 0.3) is 0 Å². The Morgan fingerprint density at radius 1 is 1.44 bits per heavy atom. The van der Waals surface area contributed by atoms with Crippen LogP contribution in [0.3, 0.4) is 0 Å². The third-order valence-corrected chi connectivity index (χ3v) is 3.23. The van der Waals surface area contributed by atoms with Gasteiger partial charge < -0.3 is 10.2 Å². The number of likely N-dealkylation sites (tertiary alicyclic amines) is 1. The first-order chi connectivity index (χ1) is 7.44. The van der Waals surface area contributed by atoms with Gasteiger partial charge >= 0.3 is 0 Å². The van der Waals surface area contributed by atoms with E-state index >= 15 is 0 Å². The van der Waals surface area contributed by atoms with Crippen molar-refractivity contribution < 1.29 is 4.79 Å². The van der Waals surface area contributed by atoms with E-state index in [4.69, 9.17) is 0 Å². The van der Waals surface area contributed by atoms with Crippen LogP contribution in [0.1, 0.15) is 46.5 Å². The van der Waals surface area contributed by atoms with E-state index in [1.165, 1.54) is 0 Å². The van der Waals surface area contributed by atoms with E-state index in [-0.39, 0.29) is 5.41 Å². The number of nitrogens with zero attached hydrogens (tertiary/aromatic N) is 1. The van der Waals surface area contributed by atoms with Crippen molar-refractivity contribution in [2.24, 2.45) is 5.41 Å². The zero-order valence-electron chi connectivity index (χ0n) is 11.2. The van der Waals surface area contributed by atoms with Crippen LogP contribution in [0.2, 0.25) is 0 Å². The van der Waals surface area contributed by atoms with E-state index in [2.05, 4.69) is 31.0 Å². The van der Waals surface area contributed by atoms with Crippen molar-refractivity contribution in [1.29, 1.82) is 0 Å². The zero-order valence-corrected chi connectivity index (χ0v) is 11.2. The largest absolute Gasteiger partial charge is 0.338 e. The van der Waals surface area contributed by atoms with Crippen LogP contribution in [-0.4, -0.2) is 37.0 Å². The second kappa shape index (κ2) is 5.67. The van der Waals surface area contributed by atoms with E-state index in [0.29, 0.717) is 18.4 Å². The Labute approximate surface area is 99.6 Å². The van der Waals surface area contributed by atoms with Gasteiger partial charge in [0.05, 0.1) is 0 Å². The van der Waals surface area contributed by atoms with E-state index in [1.54, 1.807) is 0 Å². The fourth-order valence-corrected chi connectivity index (χ4v) is 2.24. The number of rotatable bonds is 4. The van der Waals surface area contributed by atoms with Crippen molar-refractivity contribution in [2.75, 3.05) is 20.1 Å². The van der Waals surface area contributed by atoms with Gasteiger partial charge in [-0.05, 0) is 31.7 Å². The Morgan fingerprint density at radius 3 is 2.69 bits per heavy atom. The molecule has 1 aliphatic heterocycles. The number of likely N-dealkylation sites (N-methyl/N-ethyl adjacent to an activating group) is 1. The van der Waals surface area contributed by atoms with E-state index in [0.717, 1.165) is 32.4 Å². The summed E-state index contributed by atoms with van der Waals surface area (Å²) in [7, 11) is 1.95. The molecule has 1 rings (SSSR count). The van der Waals surface area contributed by atoms with Crippen LogP contribution in [0.25, 0.3) is 0 Å². The quantitative estimate of drug-likeness (QED) is 0.795. The minimum atomic E-state index is 0.258. The summed E-state index contributed by atoms with van der Waals surface area (Å²) in [6.07, 6.45) is 3.99. The van der Waals surface area contributed by atoms with Gasteiger partial charge in [-0.3, -0.25) is 4.79 Å². The van der Waals surface area contributed by atoms with E-state index in [1.807, 2.05) is 7.05 Å². The predicted octanol–water partition coefficient (Wildman–Crippen LogP) is 2.02. The van der Waals surface area contributed by atoms with Gasteiger partial charge in [-0.2, -0.15) is 0 Å². The molecule has 0 aliphatic carbocycles. The van der Waals surface area contributed by atoms with Crippen LogP contribution in [0.4, 0.5) is 0 Å². The van der Waals surface area contributed by atoms with Crippen LogP contribution < -0.4 is 5.32 Å². The SMILES string of the molecule is CNCC1CCCN1C(=O)CCC(C)(C)C. The molecule has 0 bridgehead atoms. The molecule has 1 fully saturated rings. The number of hydrogen-bond acceptors (Lipinski definition) is 2. The monoisotopic (exact) mass is 226 g/mol. The lowest BCUT2D eigenvalue weighted by Gasteiger charge is -2.26. The lowest BCUT2D eigenvalue weighted by atomic mass is 9.90. The van der Waals surface area contributed by atoms with E-state index in [9.17, 15) is 4.79 Å². The number of amides is 1. The average Bonchev–Trinajstić information content (AvgIpc) is 2.62. The number of hydrogen-bond donors (Lipinski definition) is 1. The molecule has 1 atom stereocenters. The summed E-state index contributed by atoms with van der Waals surface area (Å²) in [5, 5.41) is 3.17. The molecular formula is C13H26N2O.